The highest BCUT2D eigenvalue weighted by molar-refractivity contribution is 6.30. The Morgan fingerprint density at radius 2 is 1.89 bits per heavy atom. The maximum Gasteiger partial charge on any atom is 0.262 e. The van der Waals surface area contributed by atoms with Gasteiger partial charge in [0.15, 0.2) is 0 Å². The number of hydrogen-bond acceptors (Lipinski definition) is 4. The lowest BCUT2D eigenvalue weighted by atomic mass is 9.85. The Morgan fingerprint density at radius 3 is 2.63 bits per heavy atom. The molecule has 0 fully saturated rings. The van der Waals surface area contributed by atoms with Crippen LogP contribution in [-0.2, 0) is 4.74 Å². The number of phenols is 1. The topological polar surface area (TPSA) is 61.8 Å². The Morgan fingerprint density at radius 1 is 1.11 bits per heavy atom. The fraction of sp³-hybridized carbons (Fsp3) is 0.222. The summed E-state index contributed by atoms with van der Waals surface area (Å²) in [7, 11) is 0. The van der Waals surface area contributed by atoms with Crippen molar-refractivity contribution in [3.63, 3.8) is 0 Å². The van der Waals surface area contributed by atoms with Crippen molar-refractivity contribution < 1.29 is 23.4 Å². The molecule has 180 valence electrons. The van der Waals surface area contributed by atoms with Gasteiger partial charge in [-0.3, -0.25) is 9.69 Å². The molecule has 1 atom stereocenters. The van der Waals surface area contributed by atoms with Gasteiger partial charge >= 0.3 is 0 Å². The number of phenolic OH excluding ortho intramolecular Hbond substituents is 1. The summed E-state index contributed by atoms with van der Waals surface area (Å²) in [6, 6.07) is 13.4. The molecule has 1 unspecified atom stereocenters. The molecule has 3 aromatic carbocycles. The number of fused-ring (bicyclic) bond motifs is 1. The van der Waals surface area contributed by atoms with Gasteiger partial charge in [0, 0.05) is 16.0 Å². The highest BCUT2D eigenvalue weighted by Crippen LogP contribution is 2.50. The third-order valence-electron chi connectivity index (χ3n) is 6.21. The molecule has 0 saturated heterocycles. The van der Waals surface area contributed by atoms with Crippen LogP contribution in [0, 0.1) is 17.0 Å². The van der Waals surface area contributed by atoms with E-state index in [0.29, 0.717) is 24.5 Å². The summed E-state index contributed by atoms with van der Waals surface area (Å²) >= 11 is 6.02. The molecule has 2 N–H and O–H groups in total. The standard InChI is InChI=1S/C27H23ClF2N2O3/c1-27(2)13-20-25(35-14-27)24(16-11-10-15(28)12-19(16)30)32(21-8-5-9-22(33)23(21)31-20)26(34)17-6-3-4-7-18(17)29/h3-12,24,31,33H,13-14H2,1-2H3. The van der Waals surface area contributed by atoms with Gasteiger partial charge in [-0.05, 0) is 42.8 Å². The van der Waals surface area contributed by atoms with Gasteiger partial charge in [0.1, 0.15) is 34.9 Å². The first-order valence-electron chi connectivity index (χ1n) is 11.1. The normalized spacial score (nSPS) is 18.7. The second-order valence-corrected chi connectivity index (χ2v) is 9.93. The van der Waals surface area contributed by atoms with E-state index in [2.05, 4.69) is 5.32 Å². The molecule has 0 aliphatic carbocycles. The molecule has 2 heterocycles. The van der Waals surface area contributed by atoms with E-state index >= 15 is 4.39 Å². The summed E-state index contributed by atoms with van der Waals surface area (Å²) < 4.78 is 36.4. The number of amides is 1. The second kappa shape index (κ2) is 8.57. The van der Waals surface area contributed by atoms with Crippen molar-refractivity contribution in [3.05, 3.63) is 99.9 Å². The molecule has 3 aromatic rings. The first-order chi connectivity index (χ1) is 16.7. The van der Waals surface area contributed by atoms with Crippen molar-refractivity contribution in [2.24, 2.45) is 5.41 Å². The summed E-state index contributed by atoms with van der Waals surface area (Å²) in [4.78, 5) is 15.2. The number of para-hydroxylation sites is 1. The number of aromatic hydroxyl groups is 1. The molecule has 8 heteroatoms. The third-order valence-corrected chi connectivity index (χ3v) is 6.45. The fourth-order valence-corrected chi connectivity index (χ4v) is 4.74. The highest BCUT2D eigenvalue weighted by atomic mass is 35.5. The van der Waals surface area contributed by atoms with Gasteiger partial charge in [-0.25, -0.2) is 8.78 Å². The second-order valence-electron chi connectivity index (χ2n) is 9.49. The lowest BCUT2D eigenvalue weighted by molar-refractivity contribution is 0.0756. The van der Waals surface area contributed by atoms with Crippen LogP contribution in [0.15, 0.2) is 72.1 Å². The number of hydrogen-bond donors (Lipinski definition) is 2. The van der Waals surface area contributed by atoms with Crippen molar-refractivity contribution in [3.8, 4) is 5.75 Å². The predicted molar refractivity (Wildman–Crippen MR) is 130 cm³/mol. The summed E-state index contributed by atoms with van der Waals surface area (Å²) in [5.74, 6) is -1.85. The van der Waals surface area contributed by atoms with Gasteiger partial charge in [-0.15, -0.1) is 0 Å². The zero-order valence-electron chi connectivity index (χ0n) is 19.1. The van der Waals surface area contributed by atoms with E-state index < -0.39 is 23.6 Å². The molecule has 0 spiro atoms. The average molecular weight is 497 g/mol. The highest BCUT2D eigenvalue weighted by Gasteiger charge is 2.43. The number of nitrogens with one attached hydrogen (secondary N) is 1. The van der Waals surface area contributed by atoms with Gasteiger partial charge in [0.2, 0.25) is 0 Å². The maximum atomic E-state index is 15.4. The first-order valence-corrected chi connectivity index (χ1v) is 11.5. The average Bonchev–Trinajstić information content (AvgIpc) is 2.93. The molecular formula is C27H23ClF2N2O3. The summed E-state index contributed by atoms with van der Waals surface area (Å²) in [5.41, 5.74) is 0.790. The summed E-state index contributed by atoms with van der Waals surface area (Å²) in [6.45, 7) is 4.37. The zero-order chi connectivity index (χ0) is 24.9. The molecule has 5 nitrogen and oxygen atoms in total. The minimum atomic E-state index is -1.08. The zero-order valence-corrected chi connectivity index (χ0v) is 19.9. The molecule has 1 amide bonds. The van der Waals surface area contributed by atoms with Crippen LogP contribution in [0.2, 0.25) is 5.02 Å². The lowest BCUT2D eigenvalue weighted by Crippen LogP contribution is -2.39. The van der Waals surface area contributed by atoms with Gasteiger partial charge in [-0.2, -0.15) is 0 Å². The van der Waals surface area contributed by atoms with Crippen molar-refractivity contribution in [2.45, 2.75) is 26.3 Å². The Hall–Kier alpha value is -3.58. The third kappa shape index (κ3) is 4.10. The van der Waals surface area contributed by atoms with Crippen molar-refractivity contribution >= 4 is 28.9 Å². The Balaban J connectivity index is 1.82. The van der Waals surface area contributed by atoms with E-state index in [1.54, 1.807) is 18.2 Å². The molecule has 2 aliphatic rings. The smallest absolute Gasteiger partial charge is 0.262 e. The number of carbonyl (C=O) groups excluding carboxylic acids is 1. The van der Waals surface area contributed by atoms with E-state index in [1.807, 2.05) is 13.8 Å². The van der Waals surface area contributed by atoms with E-state index in [-0.39, 0.29) is 38.7 Å². The lowest BCUT2D eigenvalue weighted by Gasteiger charge is -2.38. The Bertz CT molecular complexity index is 1370. The Kier molecular flexibility index (Phi) is 5.68. The molecule has 35 heavy (non-hydrogen) atoms. The molecule has 0 bridgehead atoms. The quantitative estimate of drug-likeness (QED) is 0.383. The van der Waals surface area contributed by atoms with Crippen LogP contribution < -0.4 is 10.2 Å². The maximum absolute atomic E-state index is 15.4. The molecule has 0 aromatic heterocycles. The first kappa shape index (κ1) is 23.2. The summed E-state index contributed by atoms with van der Waals surface area (Å²) in [6.07, 6.45) is 0.517. The van der Waals surface area contributed by atoms with E-state index in [1.165, 1.54) is 41.3 Å². The number of anilines is 2. The number of ether oxygens (including phenoxy) is 1. The van der Waals surface area contributed by atoms with Gasteiger partial charge < -0.3 is 15.2 Å². The summed E-state index contributed by atoms with van der Waals surface area (Å²) in [5, 5.41) is 14.2. The van der Waals surface area contributed by atoms with Crippen molar-refractivity contribution in [1.82, 2.24) is 0 Å². The SMILES string of the molecule is CC1(C)COC2=C(C1)Nc1c(O)cccc1N(C(=O)c1ccccc1F)C2c1ccc(Cl)cc1F. The number of rotatable bonds is 2. The largest absolute Gasteiger partial charge is 0.506 e. The predicted octanol–water partition coefficient (Wildman–Crippen LogP) is 6.80. The van der Waals surface area contributed by atoms with Crippen molar-refractivity contribution in [1.29, 1.82) is 0 Å². The van der Waals surface area contributed by atoms with Crippen LogP contribution in [0.1, 0.15) is 42.2 Å². The molecule has 5 rings (SSSR count). The monoisotopic (exact) mass is 496 g/mol. The van der Waals surface area contributed by atoms with Crippen molar-refractivity contribution in [2.75, 3.05) is 16.8 Å². The molecule has 2 aliphatic heterocycles. The number of nitrogens with zero attached hydrogens (tertiary/aromatic N) is 1. The van der Waals surface area contributed by atoms with Gasteiger partial charge in [0.05, 0.1) is 23.6 Å². The fourth-order valence-electron chi connectivity index (χ4n) is 4.59. The van der Waals surface area contributed by atoms with Crippen LogP contribution in [0.3, 0.4) is 0 Å². The number of allylic oxidation sites excluding steroid dienone is 1. The minimum Gasteiger partial charge on any atom is -0.506 e. The van der Waals surface area contributed by atoms with E-state index in [0.717, 1.165) is 6.07 Å². The molecule has 0 radical (unpaired) electrons. The van der Waals surface area contributed by atoms with E-state index in [9.17, 15) is 14.3 Å². The number of halogens is 3. The van der Waals surface area contributed by atoms with E-state index in [4.69, 9.17) is 16.3 Å². The van der Waals surface area contributed by atoms with Crippen LogP contribution in [0.5, 0.6) is 5.75 Å². The minimum absolute atomic E-state index is 0.110. The van der Waals surface area contributed by atoms with Crippen LogP contribution >= 0.6 is 11.6 Å². The molecule has 0 saturated carbocycles. The number of benzene rings is 3. The van der Waals surface area contributed by atoms with Gasteiger partial charge in [-0.1, -0.05) is 49.7 Å². The van der Waals surface area contributed by atoms with Crippen LogP contribution in [0.4, 0.5) is 20.2 Å². The molecular weight excluding hydrogens is 474 g/mol. The van der Waals surface area contributed by atoms with Crippen LogP contribution in [0.25, 0.3) is 0 Å². The van der Waals surface area contributed by atoms with Crippen LogP contribution in [-0.4, -0.2) is 17.6 Å². The number of carbonyl (C=O) groups is 1. The van der Waals surface area contributed by atoms with Gasteiger partial charge in [0.25, 0.3) is 5.91 Å². The Labute approximate surface area is 206 Å².